The van der Waals surface area contributed by atoms with E-state index in [1.165, 1.54) is 48.7 Å². The molecule has 3 aliphatic rings. The zero-order valence-corrected chi connectivity index (χ0v) is 27.1. The molecule has 1 saturated carbocycles. The molecule has 1 atom stereocenters. The Morgan fingerprint density at radius 2 is 1.61 bits per heavy atom. The number of pyridine rings is 1. The molecular formula is C35H44FN5O4S. The summed E-state index contributed by atoms with van der Waals surface area (Å²) in [5, 5.41) is 0. The van der Waals surface area contributed by atoms with E-state index < -0.39 is 16.1 Å². The smallest absolute Gasteiger partial charge is 0.243 e. The number of nitrogens with two attached hydrogens (primary N) is 1. The van der Waals surface area contributed by atoms with Crippen LogP contribution in [0.25, 0.3) is 11.3 Å². The SMILES string of the molecule is NC1CCN(C(=O)[C@@H]2CN(Cc3ccc(-c4ccc(F)cn4)cc3)CCN2S(=O)(=O)c2ccc(OCC3CCCCC3)cc2)CC1. The third kappa shape index (κ3) is 7.76. The molecule has 2 saturated heterocycles. The molecular weight excluding hydrogens is 605 g/mol. The number of amides is 1. The summed E-state index contributed by atoms with van der Waals surface area (Å²) in [6.07, 6.45) is 8.72. The van der Waals surface area contributed by atoms with Crippen LogP contribution in [0.1, 0.15) is 50.5 Å². The van der Waals surface area contributed by atoms with Gasteiger partial charge in [-0.25, -0.2) is 12.8 Å². The van der Waals surface area contributed by atoms with Crippen molar-refractivity contribution in [1.82, 2.24) is 19.1 Å². The molecule has 2 aliphatic heterocycles. The van der Waals surface area contributed by atoms with Crippen molar-refractivity contribution in [3.8, 4) is 17.0 Å². The second kappa shape index (κ2) is 14.6. The van der Waals surface area contributed by atoms with Crippen LogP contribution in [0.3, 0.4) is 0 Å². The van der Waals surface area contributed by atoms with E-state index in [9.17, 15) is 17.6 Å². The number of likely N-dealkylation sites (tertiary alicyclic amines) is 1. The Morgan fingerprint density at radius 3 is 2.28 bits per heavy atom. The average molecular weight is 650 g/mol. The topological polar surface area (TPSA) is 109 Å². The summed E-state index contributed by atoms with van der Waals surface area (Å²) in [4.78, 5) is 22.2. The minimum atomic E-state index is -3.95. The lowest BCUT2D eigenvalue weighted by Crippen LogP contribution is -2.61. The maximum Gasteiger partial charge on any atom is 0.243 e. The Hall–Kier alpha value is -3.38. The van der Waals surface area contributed by atoms with Gasteiger partial charge in [0.15, 0.2) is 0 Å². The first-order chi connectivity index (χ1) is 22.3. The van der Waals surface area contributed by atoms with Gasteiger partial charge < -0.3 is 15.4 Å². The number of carbonyl (C=O) groups is 1. The quantitative estimate of drug-likeness (QED) is 0.359. The van der Waals surface area contributed by atoms with Crippen molar-refractivity contribution in [2.24, 2.45) is 11.7 Å². The van der Waals surface area contributed by atoms with Crippen molar-refractivity contribution >= 4 is 15.9 Å². The van der Waals surface area contributed by atoms with Crippen molar-refractivity contribution in [2.75, 3.05) is 39.3 Å². The summed E-state index contributed by atoms with van der Waals surface area (Å²) < 4.78 is 48.8. The van der Waals surface area contributed by atoms with Crippen molar-refractivity contribution in [3.05, 3.63) is 78.2 Å². The van der Waals surface area contributed by atoms with E-state index in [1.807, 2.05) is 24.3 Å². The Bertz CT molecular complexity index is 1560. The molecule has 1 amide bonds. The highest BCUT2D eigenvalue weighted by Gasteiger charge is 2.42. The Kier molecular flexibility index (Phi) is 10.3. The van der Waals surface area contributed by atoms with E-state index >= 15 is 0 Å². The number of halogens is 1. The Balaban J connectivity index is 1.16. The van der Waals surface area contributed by atoms with Gasteiger partial charge in [-0.15, -0.1) is 0 Å². The average Bonchev–Trinajstić information content (AvgIpc) is 3.09. The van der Waals surface area contributed by atoms with E-state index in [-0.39, 0.29) is 35.8 Å². The fraction of sp³-hybridized carbons (Fsp3) is 0.486. The van der Waals surface area contributed by atoms with Crippen LogP contribution in [0.15, 0.2) is 71.8 Å². The summed E-state index contributed by atoms with van der Waals surface area (Å²) in [7, 11) is -3.95. The van der Waals surface area contributed by atoms with Crippen molar-refractivity contribution < 1.29 is 22.3 Å². The summed E-state index contributed by atoms with van der Waals surface area (Å²) in [5.41, 5.74) is 8.69. The van der Waals surface area contributed by atoms with E-state index in [0.717, 1.165) is 11.1 Å². The first-order valence-corrected chi connectivity index (χ1v) is 17.9. The molecule has 0 unspecified atom stereocenters. The van der Waals surface area contributed by atoms with Crippen LogP contribution in [0.4, 0.5) is 4.39 Å². The lowest BCUT2D eigenvalue weighted by molar-refractivity contribution is -0.138. The zero-order valence-electron chi connectivity index (χ0n) is 26.3. The molecule has 46 heavy (non-hydrogen) atoms. The van der Waals surface area contributed by atoms with Gasteiger partial charge in [-0.3, -0.25) is 14.7 Å². The minimum absolute atomic E-state index is 0.0543. The van der Waals surface area contributed by atoms with Crippen molar-refractivity contribution in [3.63, 3.8) is 0 Å². The highest BCUT2D eigenvalue weighted by molar-refractivity contribution is 7.89. The molecule has 3 aromatic rings. The molecule has 3 heterocycles. The van der Waals surface area contributed by atoms with E-state index in [4.69, 9.17) is 10.5 Å². The van der Waals surface area contributed by atoms with Crippen molar-refractivity contribution in [2.45, 2.75) is 68.5 Å². The van der Waals surface area contributed by atoms with Crippen LogP contribution in [0.2, 0.25) is 0 Å². The number of piperazine rings is 1. The zero-order chi connectivity index (χ0) is 32.1. The van der Waals surface area contributed by atoms with Crippen LogP contribution >= 0.6 is 0 Å². The molecule has 9 nitrogen and oxygen atoms in total. The second-order valence-electron chi connectivity index (χ2n) is 12.9. The monoisotopic (exact) mass is 649 g/mol. The normalized spacial score (nSPS) is 20.9. The number of aromatic nitrogens is 1. The van der Waals surface area contributed by atoms with Gasteiger partial charge in [-0.2, -0.15) is 4.31 Å². The maximum absolute atomic E-state index is 14.1. The first-order valence-electron chi connectivity index (χ1n) is 16.5. The summed E-state index contributed by atoms with van der Waals surface area (Å²) in [5.74, 6) is 0.654. The number of piperidine rings is 1. The summed E-state index contributed by atoms with van der Waals surface area (Å²) in [6.45, 7) is 3.22. The van der Waals surface area contributed by atoms with Gasteiger partial charge in [0.25, 0.3) is 0 Å². The van der Waals surface area contributed by atoms with Crippen LogP contribution in [-0.2, 0) is 21.4 Å². The number of hydrogen-bond acceptors (Lipinski definition) is 7. The Labute approximate surface area is 271 Å². The third-order valence-corrected chi connectivity index (χ3v) is 11.5. The summed E-state index contributed by atoms with van der Waals surface area (Å²) >= 11 is 0. The van der Waals surface area contributed by atoms with E-state index in [2.05, 4.69) is 9.88 Å². The molecule has 3 fully saturated rings. The molecule has 1 aliphatic carbocycles. The standard InChI is InChI=1S/C35H44FN5O4S/c36-29-10-15-33(38-22-29)28-8-6-26(7-9-28)23-39-20-21-41(34(24-39)35(42)40-18-16-30(37)17-19-40)46(43,44)32-13-11-31(12-14-32)45-25-27-4-2-1-3-5-27/h6-15,22,27,30,34H,1-5,16-21,23-25,37H2/t34-/m0/s1. The van der Waals surface area contributed by atoms with Gasteiger partial charge in [0.2, 0.25) is 15.9 Å². The predicted molar refractivity (Wildman–Crippen MR) is 175 cm³/mol. The van der Waals surface area contributed by atoms with Gasteiger partial charge in [0.1, 0.15) is 17.6 Å². The first kappa shape index (κ1) is 32.6. The molecule has 2 N–H and O–H groups in total. The van der Waals surface area contributed by atoms with E-state index in [1.54, 1.807) is 35.2 Å². The number of ether oxygens (including phenoxy) is 1. The number of hydrogen-bond donors (Lipinski definition) is 1. The lowest BCUT2D eigenvalue weighted by atomic mass is 9.90. The predicted octanol–water partition coefficient (Wildman–Crippen LogP) is 4.67. The minimum Gasteiger partial charge on any atom is -0.493 e. The van der Waals surface area contributed by atoms with Crippen LogP contribution in [0, 0.1) is 11.7 Å². The van der Waals surface area contributed by atoms with E-state index in [0.29, 0.717) is 63.0 Å². The van der Waals surface area contributed by atoms with Gasteiger partial charge in [0, 0.05) is 50.9 Å². The molecule has 0 spiro atoms. The number of sulfonamides is 1. The second-order valence-corrected chi connectivity index (χ2v) is 14.8. The van der Waals surface area contributed by atoms with Crippen molar-refractivity contribution in [1.29, 1.82) is 0 Å². The molecule has 6 rings (SSSR count). The van der Waals surface area contributed by atoms with Gasteiger partial charge >= 0.3 is 0 Å². The van der Waals surface area contributed by atoms with Gasteiger partial charge in [0.05, 0.1) is 23.4 Å². The van der Waals surface area contributed by atoms with Crippen LogP contribution in [-0.4, -0.2) is 84.8 Å². The van der Waals surface area contributed by atoms with Gasteiger partial charge in [-0.05, 0) is 73.6 Å². The number of benzene rings is 2. The van der Waals surface area contributed by atoms with Crippen LogP contribution < -0.4 is 10.5 Å². The molecule has 2 aromatic carbocycles. The molecule has 246 valence electrons. The fourth-order valence-electron chi connectivity index (χ4n) is 6.78. The number of carbonyl (C=O) groups excluding carboxylic acids is 1. The Morgan fingerprint density at radius 1 is 0.891 bits per heavy atom. The number of rotatable bonds is 9. The fourth-order valence-corrected chi connectivity index (χ4v) is 8.35. The maximum atomic E-state index is 14.1. The molecule has 0 radical (unpaired) electrons. The molecule has 1 aromatic heterocycles. The number of nitrogens with zero attached hydrogens (tertiary/aromatic N) is 4. The molecule has 0 bridgehead atoms. The summed E-state index contributed by atoms with van der Waals surface area (Å²) in [6, 6.07) is 16.7. The highest BCUT2D eigenvalue weighted by Crippen LogP contribution is 2.28. The molecule has 11 heteroatoms. The van der Waals surface area contributed by atoms with Gasteiger partial charge in [-0.1, -0.05) is 43.5 Å². The van der Waals surface area contributed by atoms with Crippen LogP contribution in [0.5, 0.6) is 5.75 Å². The largest absolute Gasteiger partial charge is 0.493 e. The highest BCUT2D eigenvalue weighted by atomic mass is 32.2. The lowest BCUT2D eigenvalue weighted by Gasteiger charge is -2.42. The third-order valence-electron chi connectivity index (χ3n) is 9.58.